The van der Waals surface area contributed by atoms with Gasteiger partial charge in [0, 0.05) is 0 Å². The molecule has 0 fully saturated rings. The van der Waals surface area contributed by atoms with Gasteiger partial charge in [-0.3, -0.25) is 4.79 Å². The number of aliphatic carboxylic acids is 1. The fourth-order valence-corrected chi connectivity index (χ4v) is 2.62. The van der Waals surface area contributed by atoms with Crippen molar-refractivity contribution in [1.29, 1.82) is 0 Å². The molecule has 2 aromatic heterocycles. The predicted molar refractivity (Wildman–Crippen MR) is 75.5 cm³/mol. The molecule has 106 valence electrons. The van der Waals surface area contributed by atoms with Crippen molar-refractivity contribution in [3.8, 4) is 5.75 Å². The fourth-order valence-electron chi connectivity index (χ4n) is 1.73. The predicted octanol–water partition coefficient (Wildman–Crippen LogP) is 0.162. The number of hydrogen-bond acceptors (Lipinski definition) is 6. The van der Waals surface area contributed by atoms with Gasteiger partial charge in [-0.05, 0) is 23.8 Å². The van der Waals surface area contributed by atoms with Gasteiger partial charge in [-0.15, -0.1) is 0 Å². The van der Waals surface area contributed by atoms with Crippen molar-refractivity contribution in [3.05, 3.63) is 51.0 Å². The lowest BCUT2D eigenvalue weighted by Gasteiger charge is -2.02. The first kappa shape index (κ1) is 13.3. The Hall–Kier alpha value is -2.74. The number of carboxylic acids is 1. The zero-order valence-electron chi connectivity index (χ0n) is 10.6. The summed E-state index contributed by atoms with van der Waals surface area (Å²) >= 11 is 1.26. The Kier molecular flexibility index (Phi) is 3.36. The van der Waals surface area contributed by atoms with E-state index in [1.54, 1.807) is 30.3 Å². The molecule has 0 aliphatic heterocycles. The van der Waals surface area contributed by atoms with Gasteiger partial charge in [0.2, 0.25) is 4.96 Å². The van der Waals surface area contributed by atoms with E-state index in [-0.39, 0.29) is 12.2 Å². The lowest BCUT2D eigenvalue weighted by atomic mass is 10.2. The summed E-state index contributed by atoms with van der Waals surface area (Å²) in [5.41, 5.74) is 0.595. The smallest absolute Gasteiger partial charge is 0.341 e. The highest BCUT2D eigenvalue weighted by molar-refractivity contribution is 7.15. The summed E-state index contributed by atoms with van der Waals surface area (Å²) in [7, 11) is 0. The molecule has 0 saturated carbocycles. The monoisotopic (exact) mass is 303 g/mol. The maximum absolute atomic E-state index is 12.0. The molecule has 8 heteroatoms. The van der Waals surface area contributed by atoms with E-state index in [1.165, 1.54) is 22.2 Å². The lowest BCUT2D eigenvalue weighted by molar-refractivity contribution is -0.139. The topological polar surface area (TPSA) is 93.8 Å². The van der Waals surface area contributed by atoms with Gasteiger partial charge < -0.3 is 9.84 Å². The third kappa shape index (κ3) is 2.75. The van der Waals surface area contributed by atoms with Crippen LogP contribution in [-0.2, 0) is 4.79 Å². The Labute approximate surface area is 121 Å². The van der Waals surface area contributed by atoms with Crippen molar-refractivity contribution in [2.75, 3.05) is 6.61 Å². The number of ether oxygens (including phenoxy) is 1. The molecule has 3 aromatic rings. The molecule has 0 bridgehead atoms. The third-order valence-electron chi connectivity index (χ3n) is 2.66. The molecule has 0 saturated heterocycles. The maximum atomic E-state index is 12.0. The molecule has 0 radical (unpaired) electrons. The largest absolute Gasteiger partial charge is 0.482 e. The van der Waals surface area contributed by atoms with Crippen molar-refractivity contribution >= 4 is 28.3 Å². The van der Waals surface area contributed by atoms with Crippen LogP contribution in [0.5, 0.6) is 5.75 Å². The number of benzene rings is 1. The zero-order valence-corrected chi connectivity index (χ0v) is 11.4. The highest BCUT2D eigenvalue weighted by atomic mass is 32.1. The summed E-state index contributed by atoms with van der Waals surface area (Å²) in [5.74, 6) is -0.574. The molecule has 3 rings (SSSR count). The van der Waals surface area contributed by atoms with Crippen LogP contribution in [-0.4, -0.2) is 32.3 Å². The maximum Gasteiger partial charge on any atom is 0.341 e. The Morgan fingerprint density at radius 2 is 2.14 bits per heavy atom. The average molecular weight is 303 g/mol. The molecule has 0 unspecified atom stereocenters. The Balaban J connectivity index is 1.89. The van der Waals surface area contributed by atoms with E-state index in [2.05, 4.69) is 10.1 Å². The number of carboxylic acid groups (broad SMARTS) is 1. The van der Waals surface area contributed by atoms with Crippen molar-refractivity contribution in [1.82, 2.24) is 14.6 Å². The minimum absolute atomic E-state index is 0.210. The molecule has 1 N–H and O–H groups in total. The second kappa shape index (κ2) is 5.33. The van der Waals surface area contributed by atoms with Crippen molar-refractivity contribution in [2.45, 2.75) is 0 Å². The molecule has 1 aromatic carbocycles. The normalized spacial score (nSPS) is 11.9. The van der Waals surface area contributed by atoms with Gasteiger partial charge in [-0.1, -0.05) is 23.5 Å². The van der Waals surface area contributed by atoms with E-state index in [0.29, 0.717) is 15.2 Å². The summed E-state index contributed by atoms with van der Waals surface area (Å²) in [4.78, 5) is 26.9. The Morgan fingerprint density at radius 3 is 2.81 bits per heavy atom. The molecule has 0 aliphatic carbocycles. The van der Waals surface area contributed by atoms with Gasteiger partial charge in [0.15, 0.2) is 6.61 Å². The first-order valence-electron chi connectivity index (χ1n) is 5.92. The first-order valence-corrected chi connectivity index (χ1v) is 6.74. The quantitative estimate of drug-likeness (QED) is 0.738. The van der Waals surface area contributed by atoms with Gasteiger partial charge in [-0.25, -0.2) is 9.78 Å². The van der Waals surface area contributed by atoms with E-state index in [1.807, 2.05) is 0 Å². The van der Waals surface area contributed by atoms with Crippen molar-refractivity contribution in [3.63, 3.8) is 0 Å². The van der Waals surface area contributed by atoms with Gasteiger partial charge in [0.25, 0.3) is 5.56 Å². The van der Waals surface area contributed by atoms with Crippen LogP contribution < -0.4 is 14.8 Å². The second-order valence-electron chi connectivity index (χ2n) is 4.12. The van der Waals surface area contributed by atoms with Crippen molar-refractivity contribution < 1.29 is 14.6 Å². The van der Waals surface area contributed by atoms with Crippen LogP contribution >= 0.6 is 11.3 Å². The summed E-state index contributed by atoms with van der Waals surface area (Å²) in [6.45, 7) is -0.387. The standard InChI is InChI=1S/C13H9N3O4S/c17-11(18)6-20-9-3-1-8(2-4-9)5-10-12(19)16-13(21-10)14-7-15-16/h1-5,7H,6H2,(H,17,18)/b10-5-. The summed E-state index contributed by atoms with van der Waals surface area (Å²) in [5, 5.41) is 12.4. The molecule has 21 heavy (non-hydrogen) atoms. The van der Waals surface area contributed by atoms with E-state index < -0.39 is 5.97 Å². The fraction of sp³-hybridized carbons (Fsp3) is 0.0769. The summed E-state index contributed by atoms with van der Waals surface area (Å²) in [6, 6.07) is 6.78. The average Bonchev–Trinajstić information content (AvgIpc) is 3.03. The minimum Gasteiger partial charge on any atom is -0.482 e. The number of fused-ring (bicyclic) bond motifs is 1. The first-order chi connectivity index (χ1) is 10.1. The van der Waals surface area contributed by atoms with Crippen LogP contribution in [0.25, 0.3) is 11.0 Å². The van der Waals surface area contributed by atoms with Gasteiger partial charge in [-0.2, -0.15) is 9.61 Å². The molecule has 0 amide bonds. The second-order valence-corrected chi connectivity index (χ2v) is 5.13. The van der Waals surface area contributed by atoms with Crippen LogP contribution in [0.4, 0.5) is 0 Å². The molecule has 2 heterocycles. The van der Waals surface area contributed by atoms with E-state index in [0.717, 1.165) is 5.56 Å². The molecule has 0 aliphatic rings. The molecular formula is C13H9N3O4S. The number of thiazole rings is 1. The molecule has 7 nitrogen and oxygen atoms in total. The molecule has 0 atom stereocenters. The zero-order chi connectivity index (χ0) is 14.8. The van der Waals surface area contributed by atoms with E-state index >= 15 is 0 Å². The van der Waals surface area contributed by atoms with Crippen LogP contribution in [0.1, 0.15) is 5.56 Å². The van der Waals surface area contributed by atoms with Crippen LogP contribution in [0.15, 0.2) is 35.4 Å². The third-order valence-corrected chi connectivity index (χ3v) is 3.63. The number of hydrogen-bond donors (Lipinski definition) is 1. The van der Waals surface area contributed by atoms with Crippen LogP contribution in [0.2, 0.25) is 0 Å². The lowest BCUT2D eigenvalue weighted by Crippen LogP contribution is -2.23. The van der Waals surface area contributed by atoms with Crippen molar-refractivity contribution in [2.24, 2.45) is 0 Å². The number of nitrogens with zero attached hydrogens (tertiary/aromatic N) is 3. The number of carbonyl (C=O) groups is 1. The highest BCUT2D eigenvalue weighted by Gasteiger charge is 2.05. The Bertz CT molecular complexity index is 898. The van der Waals surface area contributed by atoms with Crippen LogP contribution in [0.3, 0.4) is 0 Å². The van der Waals surface area contributed by atoms with Gasteiger partial charge in [0.05, 0.1) is 4.53 Å². The van der Waals surface area contributed by atoms with Crippen LogP contribution in [0, 0.1) is 0 Å². The number of aromatic nitrogens is 3. The summed E-state index contributed by atoms with van der Waals surface area (Å²) in [6.07, 6.45) is 3.07. The summed E-state index contributed by atoms with van der Waals surface area (Å²) < 4.78 is 6.82. The van der Waals surface area contributed by atoms with Gasteiger partial charge >= 0.3 is 5.97 Å². The molecular weight excluding hydrogens is 294 g/mol. The van der Waals surface area contributed by atoms with Gasteiger partial charge in [0.1, 0.15) is 12.1 Å². The Morgan fingerprint density at radius 1 is 1.38 bits per heavy atom. The SMILES string of the molecule is O=C(O)COc1ccc(/C=c2\sc3ncnn3c2=O)cc1. The van der Waals surface area contributed by atoms with E-state index in [4.69, 9.17) is 9.84 Å². The van der Waals surface area contributed by atoms with E-state index in [9.17, 15) is 9.59 Å². The number of rotatable bonds is 4. The highest BCUT2D eigenvalue weighted by Crippen LogP contribution is 2.12. The molecule has 0 spiro atoms. The minimum atomic E-state index is -1.03.